The van der Waals surface area contributed by atoms with E-state index < -0.39 is 0 Å². The van der Waals surface area contributed by atoms with Gasteiger partial charge in [0.05, 0.1) is 0 Å². The first-order valence-electron chi connectivity index (χ1n) is 4.23. The fourth-order valence-electron chi connectivity index (χ4n) is 0.527. The highest BCUT2D eigenvalue weighted by molar-refractivity contribution is 6.28. The zero-order chi connectivity index (χ0) is 9.94. The third kappa shape index (κ3) is 4.09. The first-order chi connectivity index (χ1) is 5.25. The molecule has 12 heavy (non-hydrogen) atoms. The number of nitrogens with zero attached hydrogens (tertiary/aromatic N) is 3. The normalized spacial score (nSPS) is 13.2. The maximum Gasteiger partial charge on any atom is 0.328 e. The van der Waals surface area contributed by atoms with Crippen LogP contribution in [0, 0.1) is 0 Å². The first-order valence-corrected chi connectivity index (χ1v) is 4.23. The minimum Gasteiger partial charge on any atom is -0.329 e. The van der Waals surface area contributed by atoms with E-state index in [4.69, 9.17) is 0 Å². The first kappa shape index (κ1) is 11.9. The molecule has 0 aliphatic rings. The largest absolute Gasteiger partial charge is 0.329 e. The summed E-state index contributed by atoms with van der Waals surface area (Å²) in [6.45, 7) is 6.56. The van der Waals surface area contributed by atoms with Gasteiger partial charge in [-0.05, 0) is 34.9 Å². The SMILES string of the molecule is CN(C)N(C)[B]N(C)C(C)(C)C. The standard InChI is InChI=1S/C8H21BN3/c1-8(2,3)11(6)9-12(7)10(4)5/h1-7H3. The average Bonchev–Trinajstić information content (AvgIpc) is 1.85. The molecule has 0 spiro atoms. The number of hydrogen-bond donors (Lipinski definition) is 0. The molecule has 0 N–H and O–H groups in total. The summed E-state index contributed by atoms with van der Waals surface area (Å²) >= 11 is 0. The van der Waals surface area contributed by atoms with Crippen LogP contribution in [0.5, 0.6) is 0 Å². The molecule has 1 radical (unpaired) electrons. The van der Waals surface area contributed by atoms with Gasteiger partial charge in [-0.3, -0.25) is 9.93 Å². The predicted octanol–water partition coefficient (Wildman–Crippen LogP) is 0.659. The Kier molecular flexibility index (Phi) is 4.24. The van der Waals surface area contributed by atoms with Gasteiger partial charge < -0.3 is 4.81 Å². The summed E-state index contributed by atoms with van der Waals surface area (Å²) in [6, 6.07) is 0. The summed E-state index contributed by atoms with van der Waals surface area (Å²) in [5, 5.41) is 2.03. The van der Waals surface area contributed by atoms with Crippen molar-refractivity contribution >= 4 is 7.55 Å². The van der Waals surface area contributed by atoms with Gasteiger partial charge in [0.25, 0.3) is 0 Å². The van der Waals surface area contributed by atoms with Crippen molar-refractivity contribution < 1.29 is 0 Å². The van der Waals surface area contributed by atoms with Crippen molar-refractivity contribution in [2.75, 3.05) is 28.2 Å². The lowest BCUT2D eigenvalue weighted by Crippen LogP contribution is -2.50. The van der Waals surface area contributed by atoms with Crippen molar-refractivity contribution in [2.45, 2.75) is 26.3 Å². The second kappa shape index (κ2) is 4.26. The summed E-state index contributed by atoms with van der Waals surface area (Å²) < 4.78 is 0. The van der Waals surface area contributed by atoms with E-state index in [2.05, 4.69) is 40.2 Å². The van der Waals surface area contributed by atoms with E-state index in [0.29, 0.717) is 0 Å². The average molecular weight is 170 g/mol. The number of hydrazine groups is 1. The number of hydrogen-bond acceptors (Lipinski definition) is 3. The molecule has 0 aromatic rings. The fraction of sp³-hybridized carbons (Fsp3) is 1.00. The topological polar surface area (TPSA) is 9.72 Å². The second-order valence-corrected chi connectivity index (χ2v) is 4.32. The fourth-order valence-corrected chi connectivity index (χ4v) is 0.527. The Labute approximate surface area is 77.6 Å². The van der Waals surface area contributed by atoms with Gasteiger partial charge in [-0.15, -0.1) is 0 Å². The molecule has 3 nitrogen and oxygen atoms in total. The zero-order valence-corrected chi connectivity index (χ0v) is 9.42. The van der Waals surface area contributed by atoms with E-state index in [0.717, 1.165) is 0 Å². The van der Waals surface area contributed by atoms with Crippen LogP contribution in [0.4, 0.5) is 0 Å². The van der Waals surface area contributed by atoms with Gasteiger partial charge in [0, 0.05) is 19.6 Å². The molecule has 0 aliphatic heterocycles. The van der Waals surface area contributed by atoms with Gasteiger partial charge in [0.15, 0.2) is 0 Å². The zero-order valence-electron chi connectivity index (χ0n) is 9.42. The lowest BCUT2D eigenvalue weighted by molar-refractivity contribution is 0.136. The van der Waals surface area contributed by atoms with Gasteiger partial charge in [0.1, 0.15) is 0 Å². The van der Waals surface area contributed by atoms with Gasteiger partial charge in [-0.25, -0.2) is 0 Å². The predicted molar refractivity (Wildman–Crippen MR) is 54.7 cm³/mol. The molecule has 0 aromatic heterocycles. The molecule has 0 bridgehead atoms. The van der Waals surface area contributed by atoms with E-state index >= 15 is 0 Å². The smallest absolute Gasteiger partial charge is 0.328 e. The summed E-state index contributed by atoms with van der Waals surface area (Å²) in [4.78, 5) is 4.23. The van der Waals surface area contributed by atoms with Crippen LogP contribution in [-0.4, -0.2) is 56.0 Å². The van der Waals surface area contributed by atoms with Crippen molar-refractivity contribution in [2.24, 2.45) is 0 Å². The highest BCUT2D eigenvalue weighted by Gasteiger charge is 2.20. The molecule has 71 valence electrons. The molecule has 0 aromatic carbocycles. The Morgan fingerprint density at radius 2 is 1.33 bits per heavy atom. The van der Waals surface area contributed by atoms with Crippen molar-refractivity contribution in [1.82, 2.24) is 14.7 Å². The van der Waals surface area contributed by atoms with Crippen molar-refractivity contribution in [3.05, 3.63) is 0 Å². The maximum absolute atomic E-state index is 2.19. The number of rotatable bonds is 3. The summed E-state index contributed by atoms with van der Waals surface area (Å²) in [6.07, 6.45) is 0. The summed E-state index contributed by atoms with van der Waals surface area (Å²) in [5.74, 6) is 0. The molecule has 4 heteroatoms. The minimum atomic E-state index is 0.185. The molecule has 0 saturated heterocycles. The Hall–Kier alpha value is -0.0551. The lowest BCUT2D eigenvalue weighted by atomic mass is 9.96. The van der Waals surface area contributed by atoms with Crippen LogP contribution in [0.3, 0.4) is 0 Å². The Morgan fingerprint density at radius 1 is 0.917 bits per heavy atom. The van der Waals surface area contributed by atoms with Crippen molar-refractivity contribution in [3.63, 3.8) is 0 Å². The van der Waals surface area contributed by atoms with Crippen LogP contribution in [-0.2, 0) is 0 Å². The highest BCUT2D eigenvalue weighted by Crippen LogP contribution is 2.08. The Balaban J connectivity index is 3.93. The summed E-state index contributed by atoms with van der Waals surface area (Å²) in [7, 11) is 10.2. The molecule has 0 rings (SSSR count). The minimum absolute atomic E-state index is 0.185. The van der Waals surface area contributed by atoms with Crippen LogP contribution >= 0.6 is 0 Å². The van der Waals surface area contributed by atoms with Gasteiger partial charge in [0.2, 0.25) is 0 Å². The highest BCUT2D eigenvalue weighted by atomic mass is 15.6. The van der Waals surface area contributed by atoms with Gasteiger partial charge in [-0.2, -0.15) is 0 Å². The molecular formula is C8H21BN3. The van der Waals surface area contributed by atoms with Crippen LogP contribution in [0.2, 0.25) is 0 Å². The Morgan fingerprint density at radius 3 is 1.58 bits per heavy atom. The van der Waals surface area contributed by atoms with Gasteiger partial charge in [-0.1, -0.05) is 0 Å². The molecule has 0 unspecified atom stereocenters. The quantitative estimate of drug-likeness (QED) is 0.455. The van der Waals surface area contributed by atoms with E-state index in [1.807, 2.05) is 31.1 Å². The third-order valence-electron chi connectivity index (χ3n) is 2.03. The van der Waals surface area contributed by atoms with E-state index in [-0.39, 0.29) is 5.54 Å². The van der Waals surface area contributed by atoms with Crippen LogP contribution in [0.1, 0.15) is 20.8 Å². The summed E-state index contributed by atoms with van der Waals surface area (Å²) in [5.41, 5.74) is 0.185. The molecular weight excluding hydrogens is 149 g/mol. The third-order valence-corrected chi connectivity index (χ3v) is 2.03. The molecule has 0 heterocycles. The van der Waals surface area contributed by atoms with Crippen LogP contribution in [0.15, 0.2) is 0 Å². The van der Waals surface area contributed by atoms with Gasteiger partial charge >= 0.3 is 7.55 Å². The molecule has 0 aliphatic carbocycles. The van der Waals surface area contributed by atoms with Crippen molar-refractivity contribution in [1.29, 1.82) is 0 Å². The van der Waals surface area contributed by atoms with Crippen molar-refractivity contribution in [3.8, 4) is 0 Å². The monoisotopic (exact) mass is 170 g/mol. The molecule has 0 fully saturated rings. The van der Waals surface area contributed by atoms with Crippen LogP contribution < -0.4 is 0 Å². The molecule has 0 amide bonds. The lowest BCUT2D eigenvalue weighted by Gasteiger charge is -2.36. The van der Waals surface area contributed by atoms with E-state index in [1.54, 1.807) is 0 Å². The second-order valence-electron chi connectivity index (χ2n) is 4.32. The Bertz CT molecular complexity index is 131. The van der Waals surface area contributed by atoms with E-state index in [9.17, 15) is 0 Å². The molecule has 0 atom stereocenters. The van der Waals surface area contributed by atoms with E-state index in [1.165, 1.54) is 0 Å². The molecule has 0 saturated carbocycles. The maximum atomic E-state index is 2.19. The van der Waals surface area contributed by atoms with Crippen LogP contribution in [0.25, 0.3) is 0 Å².